The molecular weight excluding hydrogens is 261 g/mol. The van der Waals surface area contributed by atoms with Crippen LogP contribution in [0.3, 0.4) is 0 Å². The molecule has 1 heterocycles. The zero-order valence-electron chi connectivity index (χ0n) is 11.5. The Morgan fingerprint density at radius 1 is 1.30 bits per heavy atom. The van der Waals surface area contributed by atoms with Gasteiger partial charge in [0.05, 0.1) is 12.6 Å². The summed E-state index contributed by atoms with van der Waals surface area (Å²) < 4.78 is 17.8. The van der Waals surface area contributed by atoms with Crippen LogP contribution in [0.5, 0.6) is 0 Å². The molecule has 1 aliphatic heterocycles. The number of carbonyl (C=O) groups is 2. The van der Waals surface area contributed by atoms with Gasteiger partial charge in [0.25, 0.3) is 0 Å². The summed E-state index contributed by atoms with van der Waals surface area (Å²) in [5.41, 5.74) is 0.851. The summed E-state index contributed by atoms with van der Waals surface area (Å²) in [6.07, 6.45) is 2.62. The maximum atomic E-state index is 13.0. The lowest BCUT2D eigenvalue weighted by Gasteiger charge is -2.35. The standard InChI is InChI=1S/C15H18FNO3/c1-2-20-15(19)14(18)17-10-4-3-5-13(17)11-6-8-12(16)9-7-11/h6-9,13H,2-5,10H2,1H3. The molecule has 1 aromatic carbocycles. The van der Waals surface area contributed by atoms with E-state index in [4.69, 9.17) is 4.74 Å². The van der Waals surface area contributed by atoms with E-state index in [1.54, 1.807) is 19.1 Å². The molecule has 4 nitrogen and oxygen atoms in total. The Balaban J connectivity index is 2.18. The van der Waals surface area contributed by atoms with Gasteiger partial charge in [0.15, 0.2) is 0 Å². The minimum Gasteiger partial charge on any atom is -0.459 e. The molecule has 108 valence electrons. The first-order chi connectivity index (χ1) is 9.63. The molecule has 0 bridgehead atoms. The number of ether oxygens (including phenoxy) is 1. The number of piperidine rings is 1. The van der Waals surface area contributed by atoms with E-state index in [1.807, 2.05) is 0 Å². The Bertz CT molecular complexity index is 486. The van der Waals surface area contributed by atoms with Crippen LogP contribution in [-0.4, -0.2) is 29.9 Å². The summed E-state index contributed by atoms with van der Waals surface area (Å²) in [7, 11) is 0. The van der Waals surface area contributed by atoms with Crippen LogP contribution in [0.4, 0.5) is 4.39 Å². The van der Waals surface area contributed by atoms with Gasteiger partial charge in [-0.1, -0.05) is 12.1 Å². The summed E-state index contributed by atoms with van der Waals surface area (Å²) in [5.74, 6) is -1.74. The van der Waals surface area contributed by atoms with E-state index < -0.39 is 11.9 Å². The monoisotopic (exact) mass is 279 g/mol. The van der Waals surface area contributed by atoms with Crippen LogP contribution >= 0.6 is 0 Å². The fourth-order valence-electron chi connectivity index (χ4n) is 2.52. The third-order valence-corrected chi connectivity index (χ3v) is 3.47. The molecule has 5 heteroatoms. The molecule has 1 aliphatic rings. The normalized spacial score (nSPS) is 18.7. The van der Waals surface area contributed by atoms with Crippen LogP contribution in [0.1, 0.15) is 37.8 Å². The third-order valence-electron chi connectivity index (χ3n) is 3.47. The summed E-state index contributed by atoms with van der Waals surface area (Å²) in [4.78, 5) is 25.3. The molecule has 1 aromatic rings. The van der Waals surface area contributed by atoms with Gasteiger partial charge >= 0.3 is 11.9 Å². The average molecular weight is 279 g/mol. The molecule has 2 rings (SSSR count). The van der Waals surface area contributed by atoms with E-state index in [0.717, 1.165) is 24.8 Å². The van der Waals surface area contributed by atoms with Crippen molar-refractivity contribution in [2.75, 3.05) is 13.2 Å². The second-order valence-electron chi connectivity index (χ2n) is 4.78. The summed E-state index contributed by atoms with van der Waals surface area (Å²) in [6, 6.07) is 5.89. The molecular formula is C15H18FNO3. The van der Waals surface area contributed by atoms with E-state index in [0.29, 0.717) is 6.54 Å². The van der Waals surface area contributed by atoms with Gasteiger partial charge in [-0.25, -0.2) is 9.18 Å². The molecule has 0 aliphatic carbocycles. The van der Waals surface area contributed by atoms with Gasteiger partial charge in [-0.2, -0.15) is 0 Å². The smallest absolute Gasteiger partial charge is 0.397 e. The van der Waals surface area contributed by atoms with E-state index in [1.165, 1.54) is 17.0 Å². The first kappa shape index (κ1) is 14.5. The van der Waals surface area contributed by atoms with Crippen molar-refractivity contribution in [3.63, 3.8) is 0 Å². The number of rotatable bonds is 2. The van der Waals surface area contributed by atoms with Crippen LogP contribution in [0, 0.1) is 5.82 Å². The maximum absolute atomic E-state index is 13.0. The van der Waals surface area contributed by atoms with E-state index in [-0.39, 0.29) is 18.5 Å². The number of halogens is 1. The first-order valence-corrected chi connectivity index (χ1v) is 6.86. The van der Waals surface area contributed by atoms with Gasteiger partial charge in [0, 0.05) is 6.54 Å². The topological polar surface area (TPSA) is 46.6 Å². The van der Waals surface area contributed by atoms with E-state index in [9.17, 15) is 14.0 Å². The molecule has 20 heavy (non-hydrogen) atoms. The molecule has 1 atom stereocenters. The Kier molecular flexibility index (Phi) is 4.71. The largest absolute Gasteiger partial charge is 0.459 e. The second-order valence-corrected chi connectivity index (χ2v) is 4.78. The zero-order chi connectivity index (χ0) is 14.5. The Hall–Kier alpha value is -1.91. The number of benzene rings is 1. The predicted octanol–water partition coefficient (Wildman–Crippen LogP) is 2.44. The Labute approximate surface area is 117 Å². The molecule has 1 saturated heterocycles. The van der Waals surface area contributed by atoms with Crippen molar-refractivity contribution in [2.45, 2.75) is 32.2 Å². The molecule has 0 N–H and O–H groups in total. The molecule has 0 saturated carbocycles. The lowest BCUT2D eigenvalue weighted by Crippen LogP contribution is -2.43. The number of likely N-dealkylation sites (tertiary alicyclic amines) is 1. The first-order valence-electron chi connectivity index (χ1n) is 6.86. The number of nitrogens with zero attached hydrogens (tertiary/aromatic N) is 1. The fraction of sp³-hybridized carbons (Fsp3) is 0.467. The number of amides is 1. The van der Waals surface area contributed by atoms with Crippen molar-refractivity contribution >= 4 is 11.9 Å². The van der Waals surface area contributed by atoms with Crippen molar-refractivity contribution in [1.29, 1.82) is 0 Å². The van der Waals surface area contributed by atoms with Crippen LogP contribution in [0.25, 0.3) is 0 Å². The van der Waals surface area contributed by atoms with Crippen molar-refractivity contribution in [1.82, 2.24) is 4.90 Å². The summed E-state index contributed by atoms with van der Waals surface area (Å²) in [6.45, 7) is 2.37. The number of esters is 1. The van der Waals surface area contributed by atoms with Crippen LogP contribution in [0.2, 0.25) is 0 Å². The second kappa shape index (κ2) is 6.50. The van der Waals surface area contributed by atoms with E-state index >= 15 is 0 Å². The van der Waals surface area contributed by atoms with Gasteiger partial charge < -0.3 is 9.64 Å². The van der Waals surface area contributed by atoms with Gasteiger partial charge in [-0.15, -0.1) is 0 Å². The fourth-order valence-corrected chi connectivity index (χ4v) is 2.52. The Morgan fingerprint density at radius 3 is 2.65 bits per heavy atom. The van der Waals surface area contributed by atoms with Crippen molar-refractivity contribution in [3.05, 3.63) is 35.6 Å². The molecule has 1 unspecified atom stereocenters. The van der Waals surface area contributed by atoms with Crippen LogP contribution < -0.4 is 0 Å². The maximum Gasteiger partial charge on any atom is 0.397 e. The average Bonchev–Trinajstić information content (AvgIpc) is 2.47. The molecule has 1 fully saturated rings. The quantitative estimate of drug-likeness (QED) is 0.617. The van der Waals surface area contributed by atoms with E-state index in [2.05, 4.69) is 0 Å². The zero-order valence-corrected chi connectivity index (χ0v) is 11.5. The lowest BCUT2D eigenvalue weighted by molar-refractivity contribution is -0.161. The van der Waals surface area contributed by atoms with Crippen molar-refractivity contribution in [2.24, 2.45) is 0 Å². The van der Waals surface area contributed by atoms with Crippen LogP contribution in [-0.2, 0) is 14.3 Å². The van der Waals surface area contributed by atoms with Gasteiger partial charge in [-0.05, 0) is 43.9 Å². The number of hydrogen-bond acceptors (Lipinski definition) is 3. The minimum atomic E-state index is -0.818. The Morgan fingerprint density at radius 2 is 2.00 bits per heavy atom. The summed E-state index contributed by atoms with van der Waals surface area (Å²) in [5, 5.41) is 0. The predicted molar refractivity (Wildman–Crippen MR) is 71.3 cm³/mol. The summed E-state index contributed by atoms with van der Waals surface area (Å²) >= 11 is 0. The minimum absolute atomic E-state index is 0.179. The van der Waals surface area contributed by atoms with Crippen molar-refractivity contribution in [3.8, 4) is 0 Å². The van der Waals surface area contributed by atoms with Crippen molar-refractivity contribution < 1.29 is 18.7 Å². The molecule has 0 aromatic heterocycles. The number of hydrogen-bond donors (Lipinski definition) is 0. The van der Waals surface area contributed by atoms with Gasteiger partial charge in [0.2, 0.25) is 0 Å². The highest BCUT2D eigenvalue weighted by Crippen LogP contribution is 2.31. The third kappa shape index (κ3) is 3.15. The lowest BCUT2D eigenvalue weighted by atomic mass is 9.95. The molecule has 0 spiro atoms. The molecule has 0 radical (unpaired) electrons. The van der Waals surface area contributed by atoms with Gasteiger partial charge in [-0.3, -0.25) is 4.79 Å². The highest BCUT2D eigenvalue weighted by Gasteiger charge is 2.32. The van der Waals surface area contributed by atoms with Gasteiger partial charge in [0.1, 0.15) is 5.82 Å². The highest BCUT2D eigenvalue weighted by atomic mass is 19.1. The molecule has 1 amide bonds. The van der Waals surface area contributed by atoms with Crippen LogP contribution in [0.15, 0.2) is 24.3 Å². The number of carbonyl (C=O) groups excluding carboxylic acids is 2. The SMILES string of the molecule is CCOC(=O)C(=O)N1CCCCC1c1ccc(F)cc1. The highest BCUT2D eigenvalue weighted by molar-refractivity contribution is 6.32.